The lowest BCUT2D eigenvalue weighted by Crippen LogP contribution is -2.48. The maximum atomic E-state index is 12.0. The molecule has 0 spiro atoms. The van der Waals surface area contributed by atoms with Crippen LogP contribution in [0.4, 0.5) is 0 Å². The van der Waals surface area contributed by atoms with Crippen molar-refractivity contribution in [3.05, 3.63) is 0 Å². The van der Waals surface area contributed by atoms with Gasteiger partial charge in [0, 0.05) is 31.0 Å². The Kier molecular flexibility index (Phi) is 3.51. The van der Waals surface area contributed by atoms with Crippen LogP contribution >= 0.6 is 11.8 Å². The van der Waals surface area contributed by atoms with Gasteiger partial charge in [-0.1, -0.05) is 0 Å². The van der Waals surface area contributed by atoms with Crippen molar-refractivity contribution in [3.8, 4) is 0 Å². The molecule has 0 radical (unpaired) electrons. The van der Waals surface area contributed by atoms with E-state index in [1.54, 1.807) is 11.8 Å². The van der Waals surface area contributed by atoms with Crippen molar-refractivity contribution < 1.29 is 9.59 Å². The zero-order valence-corrected chi connectivity index (χ0v) is 9.52. The van der Waals surface area contributed by atoms with E-state index in [-0.39, 0.29) is 17.9 Å². The molecule has 84 valence electrons. The molecule has 2 aliphatic heterocycles. The molecule has 1 unspecified atom stereocenters. The van der Waals surface area contributed by atoms with Crippen LogP contribution < -0.4 is 5.32 Å². The van der Waals surface area contributed by atoms with Crippen molar-refractivity contribution in [1.29, 1.82) is 0 Å². The summed E-state index contributed by atoms with van der Waals surface area (Å²) < 4.78 is 0. The summed E-state index contributed by atoms with van der Waals surface area (Å²) in [6.45, 7) is 1.71. The highest BCUT2D eigenvalue weighted by atomic mass is 32.2. The third-order valence-electron chi connectivity index (χ3n) is 2.81. The molecule has 1 N–H and O–H groups in total. The highest BCUT2D eigenvalue weighted by Crippen LogP contribution is 2.14. The van der Waals surface area contributed by atoms with Gasteiger partial charge in [0.2, 0.25) is 11.8 Å². The van der Waals surface area contributed by atoms with Crippen molar-refractivity contribution in [2.45, 2.75) is 25.3 Å². The third-order valence-corrected chi connectivity index (χ3v) is 3.87. The second-order valence-electron chi connectivity index (χ2n) is 3.98. The Morgan fingerprint density at radius 1 is 1.40 bits per heavy atom. The minimum Gasteiger partial charge on any atom is -0.343 e. The maximum Gasteiger partial charge on any atom is 0.246 e. The summed E-state index contributed by atoms with van der Waals surface area (Å²) in [6, 6.07) is -0.289. The van der Waals surface area contributed by atoms with Gasteiger partial charge in [0.25, 0.3) is 0 Å². The number of hydrogen-bond donors (Lipinski definition) is 1. The van der Waals surface area contributed by atoms with Crippen LogP contribution in [-0.4, -0.2) is 47.4 Å². The van der Waals surface area contributed by atoms with E-state index < -0.39 is 0 Å². The molecule has 2 saturated heterocycles. The van der Waals surface area contributed by atoms with Crippen molar-refractivity contribution in [2.75, 3.05) is 24.6 Å². The number of thioether (sulfide) groups is 1. The second kappa shape index (κ2) is 4.88. The van der Waals surface area contributed by atoms with Crippen LogP contribution in [0.5, 0.6) is 0 Å². The van der Waals surface area contributed by atoms with Crippen LogP contribution in [0.25, 0.3) is 0 Å². The average molecular weight is 228 g/mol. The molecule has 2 amide bonds. The van der Waals surface area contributed by atoms with Gasteiger partial charge in [-0.25, -0.2) is 0 Å². The van der Waals surface area contributed by atoms with Gasteiger partial charge in [-0.3, -0.25) is 9.59 Å². The molecular formula is C10H16N2O2S. The second-order valence-corrected chi connectivity index (χ2v) is 5.13. The molecular weight excluding hydrogens is 212 g/mol. The number of likely N-dealkylation sites (tertiary alicyclic amines) is 1. The zero-order valence-electron chi connectivity index (χ0n) is 8.70. The van der Waals surface area contributed by atoms with Gasteiger partial charge in [0.1, 0.15) is 6.04 Å². The van der Waals surface area contributed by atoms with Gasteiger partial charge in [-0.15, -0.1) is 0 Å². The molecule has 4 nitrogen and oxygen atoms in total. The first-order valence-corrected chi connectivity index (χ1v) is 6.59. The summed E-state index contributed by atoms with van der Waals surface area (Å²) in [6.07, 6.45) is 2.73. The highest BCUT2D eigenvalue weighted by Gasteiger charge is 2.28. The summed E-state index contributed by atoms with van der Waals surface area (Å²) in [4.78, 5) is 25.2. The number of rotatable bonds is 1. The van der Waals surface area contributed by atoms with Gasteiger partial charge in [0.15, 0.2) is 0 Å². The van der Waals surface area contributed by atoms with Crippen molar-refractivity contribution in [2.24, 2.45) is 0 Å². The van der Waals surface area contributed by atoms with E-state index in [9.17, 15) is 9.59 Å². The van der Waals surface area contributed by atoms with Gasteiger partial charge >= 0.3 is 0 Å². The molecule has 1 atom stereocenters. The SMILES string of the molecule is O=C1CCSCC(C(=O)N2CCCC2)N1. The van der Waals surface area contributed by atoms with Gasteiger partial charge in [-0.05, 0) is 12.8 Å². The first kappa shape index (κ1) is 10.8. The standard InChI is InChI=1S/C10H16N2O2S/c13-9-3-6-15-7-8(11-9)10(14)12-4-1-2-5-12/h8H,1-7H2,(H,11,13). The van der Waals surface area contributed by atoms with E-state index in [2.05, 4.69) is 5.32 Å². The molecule has 5 heteroatoms. The molecule has 2 aliphatic rings. The minimum atomic E-state index is -0.289. The topological polar surface area (TPSA) is 49.4 Å². The quantitative estimate of drug-likeness (QED) is 0.699. The minimum absolute atomic E-state index is 0.0116. The van der Waals surface area contributed by atoms with E-state index >= 15 is 0 Å². The number of nitrogens with zero attached hydrogens (tertiary/aromatic N) is 1. The van der Waals surface area contributed by atoms with E-state index in [0.717, 1.165) is 37.4 Å². The number of carbonyl (C=O) groups excluding carboxylic acids is 2. The lowest BCUT2D eigenvalue weighted by Gasteiger charge is -2.22. The van der Waals surface area contributed by atoms with Crippen LogP contribution in [0.3, 0.4) is 0 Å². The van der Waals surface area contributed by atoms with Gasteiger partial charge in [-0.2, -0.15) is 11.8 Å². The average Bonchev–Trinajstić information content (AvgIpc) is 2.67. The van der Waals surface area contributed by atoms with Crippen molar-refractivity contribution >= 4 is 23.6 Å². The fourth-order valence-corrected chi connectivity index (χ4v) is 2.92. The number of amides is 2. The summed E-state index contributed by atoms with van der Waals surface area (Å²) in [5.74, 6) is 1.67. The third kappa shape index (κ3) is 2.65. The molecule has 0 aromatic rings. The summed E-state index contributed by atoms with van der Waals surface area (Å²) in [7, 11) is 0. The van der Waals surface area contributed by atoms with Gasteiger partial charge < -0.3 is 10.2 Å². The van der Waals surface area contributed by atoms with Gasteiger partial charge in [0.05, 0.1) is 0 Å². The highest BCUT2D eigenvalue weighted by molar-refractivity contribution is 7.99. The molecule has 0 aliphatic carbocycles. The lowest BCUT2D eigenvalue weighted by molar-refractivity contribution is -0.134. The summed E-state index contributed by atoms with van der Waals surface area (Å²) in [5.41, 5.74) is 0. The molecule has 2 fully saturated rings. The zero-order chi connectivity index (χ0) is 10.7. The molecule has 0 aromatic carbocycles. The molecule has 0 aromatic heterocycles. The largest absolute Gasteiger partial charge is 0.343 e. The fraction of sp³-hybridized carbons (Fsp3) is 0.800. The number of hydrogen-bond acceptors (Lipinski definition) is 3. The summed E-state index contributed by atoms with van der Waals surface area (Å²) >= 11 is 1.68. The van der Waals surface area contributed by atoms with E-state index in [1.807, 2.05) is 4.90 Å². The van der Waals surface area contributed by atoms with E-state index in [0.29, 0.717) is 6.42 Å². The van der Waals surface area contributed by atoms with Crippen molar-refractivity contribution in [1.82, 2.24) is 10.2 Å². The predicted molar refractivity (Wildman–Crippen MR) is 59.7 cm³/mol. The normalized spacial score (nSPS) is 27.3. The predicted octanol–water partition coefficient (Wildman–Crippen LogP) is 0.231. The van der Waals surface area contributed by atoms with Crippen LogP contribution in [0.2, 0.25) is 0 Å². The molecule has 0 saturated carbocycles. The first-order chi connectivity index (χ1) is 7.27. The van der Waals surface area contributed by atoms with E-state index in [4.69, 9.17) is 0 Å². The molecule has 15 heavy (non-hydrogen) atoms. The van der Waals surface area contributed by atoms with Crippen LogP contribution in [0.15, 0.2) is 0 Å². The van der Waals surface area contributed by atoms with Crippen LogP contribution in [0.1, 0.15) is 19.3 Å². The van der Waals surface area contributed by atoms with Crippen molar-refractivity contribution in [3.63, 3.8) is 0 Å². The Morgan fingerprint density at radius 3 is 2.87 bits per heavy atom. The Hall–Kier alpha value is -0.710. The molecule has 0 bridgehead atoms. The Bertz CT molecular complexity index is 264. The van der Waals surface area contributed by atoms with Crippen LogP contribution in [0, 0.1) is 0 Å². The number of nitrogens with one attached hydrogen (secondary N) is 1. The molecule has 2 heterocycles. The Morgan fingerprint density at radius 2 is 2.13 bits per heavy atom. The Labute approximate surface area is 93.8 Å². The van der Waals surface area contributed by atoms with Crippen LogP contribution in [-0.2, 0) is 9.59 Å². The fourth-order valence-electron chi connectivity index (χ4n) is 1.97. The monoisotopic (exact) mass is 228 g/mol. The smallest absolute Gasteiger partial charge is 0.246 e. The summed E-state index contributed by atoms with van der Waals surface area (Å²) in [5, 5.41) is 2.80. The Balaban J connectivity index is 1.95. The molecule has 2 rings (SSSR count). The lowest BCUT2D eigenvalue weighted by atomic mass is 10.2. The maximum absolute atomic E-state index is 12.0. The first-order valence-electron chi connectivity index (χ1n) is 5.43. The van der Waals surface area contributed by atoms with E-state index in [1.165, 1.54) is 0 Å². The number of carbonyl (C=O) groups is 2.